The van der Waals surface area contributed by atoms with Crippen molar-refractivity contribution in [2.24, 2.45) is 0 Å². The number of aliphatic hydroxyl groups is 1. The molecule has 1 aliphatic rings. The van der Waals surface area contributed by atoms with Gasteiger partial charge in [0.05, 0.1) is 16.7 Å². The molecule has 2 heterocycles. The molecule has 1 aliphatic heterocycles. The average Bonchev–Trinajstić information content (AvgIpc) is 2.96. The SMILES string of the molecule is O=[N+]([O-])c1ccc(-c2nc(CN3CCC[C@H](O)C3)co2)cc1. The summed E-state index contributed by atoms with van der Waals surface area (Å²) in [7, 11) is 0. The molecule has 1 aromatic heterocycles. The van der Waals surface area contributed by atoms with Crippen molar-refractivity contribution in [3.05, 3.63) is 46.3 Å². The lowest BCUT2D eigenvalue weighted by Gasteiger charge is -2.29. The number of nitro benzene ring substituents is 1. The molecule has 0 bridgehead atoms. The van der Waals surface area contributed by atoms with E-state index in [0.717, 1.165) is 25.1 Å². The number of piperidine rings is 1. The van der Waals surface area contributed by atoms with Crippen LogP contribution in [-0.2, 0) is 6.54 Å². The normalized spacial score (nSPS) is 19.2. The van der Waals surface area contributed by atoms with E-state index < -0.39 is 4.92 Å². The van der Waals surface area contributed by atoms with Crippen LogP contribution in [0.5, 0.6) is 0 Å². The number of non-ortho nitro benzene ring substituents is 1. The van der Waals surface area contributed by atoms with E-state index in [1.165, 1.54) is 12.1 Å². The molecular formula is C15H17N3O4. The molecule has 7 nitrogen and oxygen atoms in total. The molecule has 0 saturated carbocycles. The minimum absolute atomic E-state index is 0.0397. The van der Waals surface area contributed by atoms with Gasteiger partial charge in [-0.05, 0) is 31.5 Å². The van der Waals surface area contributed by atoms with E-state index in [1.54, 1.807) is 18.4 Å². The van der Waals surface area contributed by atoms with Crippen molar-refractivity contribution < 1.29 is 14.4 Å². The minimum Gasteiger partial charge on any atom is -0.444 e. The molecular weight excluding hydrogens is 286 g/mol. The summed E-state index contributed by atoms with van der Waals surface area (Å²) in [5.41, 5.74) is 1.54. The highest BCUT2D eigenvalue weighted by Gasteiger charge is 2.19. The van der Waals surface area contributed by atoms with Crippen LogP contribution < -0.4 is 0 Å². The summed E-state index contributed by atoms with van der Waals surface area (Å²) < 4.78 is 5.45. The van der Waals surface area contributed by atoms with Crippen LogP contribution >= 0.6 is 0 Å². The predicted molar refractivity (Wildman–Crippen MR) is 79.1 cm³/mol. The zero-order chi connectivity index (χ0) is 15.5. The number of aromatic nitrogens is 1. The van der Waals surface area contributed by atoms with Gasteiger partial charge in [-0.15, -0.1) is 0 Å². The number of likely N-dealkylation sites (tertiary alicyclic amines) is 1. The Labute approximate surface area is 127 Å². The number of rotatable bonds is 4. The van der Waals surface area contributed by atoms with E-state index in [9.17, 15) is 15.2 Å². The van der Waals surface area contributed by atoms with Crippen molar-refractivity contribution in [1.29, 1.82) is 0 Å². The van der Waals surface area contributed by atoms with Crippen LogP contribution in [0.4, 0.5) is 5.69 Å². The summed E-state index contributed by atoms with van der Waals surface area (Å²) in [5, 5.41) is 20.3. The first-order valence-electron chi connectivity index (χ1n) is 7.21. The van der Waals surface area contributed by atoms with Crippen LogP contribution in [0.2, 0.25) is 0 Å². The third-order valence-electron chi connectivity index (χ3n) is 3.74. The summed E-state index contributed by atoms with van der Waals surface area (Å²) in [6.07, 6.45) is 3.16. The number of hydrogen-bond acceptors (Lipinski definition) is 6. The first-order valence-corrected chi connectivity index (χ1v) is 7.21. The minimum atomic E-state index is -0.438. The largest absolute Gasteiger partial charge is 0.444 e. The van der Waals surface area contributed by atoms with Crippen LogP contribution in [0.3, 0.4) is 0 Å². The summed E-state index contributed by atoms with van der Waals surface area (Å²) >= 11 is 0. The molecule has 3 rings (SSSR count). The average molecular weight is 303 g/mol. The molecule has 1 aromatic carbocycles. The molecule has 0 aliphatic carbocycles. The van der Waals surface area contributed by atoms with Gasteiger partial charge >= 0.3 is 0 Å². The molecule has 2 aromatic rings. The van der Waals surface area contributed by atoms with Gasteiger partial charge in [-0.1, -0.05) is 0 Å². The van der Waals surface area contributed by atoms with Gasteiger partial charge < -0.3 is 9.52 Å². The zero-order valence-corrected chi connectivity index (χ0v) is 12.0. The quantitative estimate of drug-likeness (QED) is 0.687. The van der Waals surface area contributed by atoms with Crippen molar-refractivity contribution in [2.75, 3.05) is 13.1 Å². The molecule has 0 amide bonds. The van der Waals surface area contributed by atoms with Gasteiger partial charge in [0.1, 0.15) is 6.26 Å². The Bertz CT molecular complexity index is 653. The molecule has 116 valence electrons. The van der Waals surface area contributed by atoms with Crippen molar-refractivity contribution in [3.8, 4) is 11.5 Å². The summed E-state index contributed by atoms with van der Waals surface area (Å²) in [6.45, 7) is 2.23. The molecule has 22 heavy (non-hydrogen) atoms. The van der Waals surface area contributed by atoms with E-state index in [1.807, 2.05) is 0 Å². The Morgan fingerprint density at radius 3 is 2.86 bits per heavy atom. The summed E-state index contributed by atoms with van der Waals surface area (Å²) in [4.78, 5) is 16.8. The molecule has 1 atom stereocenters. The topological polar surface area (TPSA) is 92.6 Å². The van der Waals surface area contributed by atoms with Gasteiger partial charge in [0.25, 0.3) is 5.69 Å². The van der Waals surface area contributed by atoms with Gasteiger partial charge in [-0.3, -0.25) is 15.0 Å². The van der Waals surface area contributed by atoms with E-state index in [2.05, 4.69) is 9.88 Å². The van der Waals surface area contributed by atoms with Gasteiger partial charge in [0.15, 0.2) is 0 Å². The lowest BCUT2D eigenvalue weighted by molar-refractivity contribution is -0.384. The second kappa shape index (κ2) is 6.25. The lowest BCUT2D eigenvalue weighted by atomic mass is 10.1. The fourth-order valence-electron chi connectivity index (χ4n) is 2.64. The van der Waals surface area contributed by atoms with Crippen LogP contribution in [0.25, 0.3) is 11.5 Å². The Morgan fingerprint density at radius 1 is 1.41 bits per heavy atom. The van der Waals surface area contributed by atoms with Crippen LogP contribution in [0, 0.1) is 10.1 Å². The number of benzene rings is 1. The first kappa shape index (κ1) is 14.7. The summed E-state index contributed by atoms with van der Waals surface area (Å²) in [5.74, 6) is 0.447. The first-order chi connectivity index (χ1) is 10.6. The third kappa shape index (κ3) is 3.32. The predicted octanol–water partition coefficient (Wildman–Crippen LogP) is 2.21. The monoisotopic (exact) mass is 303 g/mol. The molecule has 1 N–H and O–H groups in total. The Hall–Kier alpha value is -2.25. The van der Waals surface area contributed by atoms with Crippen molar-refractivity contribution in [1.82, 2.24) is 9.88 Å². The molecule has 0 unspecified atom stereocenters. The lowest BCUT2D eigenvalue weighted by Crippen LogP contribution is -2.37. The highest BCUT2D eigenvalue weighted by molar-refractivity contribution is 5.55. The molecule has 1 fully saturated rings. The van der Waals surface area contributed by atoms with Crippen molar-refractivity contribution in [3.63, 3.8) is 0 Å². The van der Waals surface area contributed by atoms with Crippen molar-refractivity contribution >= 4 is 5.69 Å². The molecule has 7 heteroatoms. The van der Waals surface area contributed by atoms with Gasteiger partial charge in [0.2, 0.25) is 5.89 Å². The number of hydrogen-bond donors (Lipinski definition) is 1. The maximum atomic E-state index is 10.6. The standard InChI is InChI=1S/C15H17N3O4/c19-14-2-1-7-17(9-14)8-12-10-22-15(16-12)11-3-5-13(6-4-11)18(20)21/h3-6,10,14,19H,1-2,7-9H2/t14-/m0/s1. The van der Waals surface area contributed by atoms with Crippen LogP contribution in [0.15, 0.2) is 34.9 Å². The maximum Gasteiger partial charge on any atom is 0.269 e. The maximum absolute atomic E-state index is 10.6. The zero-order valence-electron chi connectivity index (χ0n) is 12.0. The third-order valence-corrected chi connectivity index (χ3v) is 3.74. The number of nitro groups is 1. The van der Waals surface area contributed by atoms with Gasteiger partial charge in [-0.25, -0.2) is 4.98 Å². The number of aliphatic hydroxyl groups excluding tert-OH is 1. The number of oxazole rings is 1. The van der Waals surface area contributed by atoms with Crippen LogP contribution in [0.1, 0.15) is 18.5 Å². The fourth-order valence-corrected chi connectivity index (χ4v) is 2.64. The molecule has 0 radical (unpaired) electrons. The highest BCUT2D eigenvalue weighted by Crippen LogP contribution is 2.22. The van der Waals surface area contributed by atoms with Crippen molar-refractivity contribution in [2.45, 2.75) is 25.5 Å². The number of nitrogens with zero attached hydrogens (tertiary/aromatic N) is 3. The smallest absolute Gasteiger partial charge is 0.269 e. The van der Waals surface area contributed by atoms with Gasteiger partial charge in [-0.2, -0.15) is 0 Å². The second-order valence-electron chi connectivity index (χ2n) is 5.48. The Balaban J connectivity index is 1.69. The highest BCUT2D eigenvalue weighted by atomic mass is 16.6. The van der Waals surface area contributed by atoms with Crippen LogP contribution in [-0.4, -0.2) is 39.1 Å². The Kier molecular flexibility index (Phi) is 4.17. The van der Waals surface area contributed by atoms with E-state index in [-0.39, 0.29) is 11.8 Å². The molecule has 1 saturated heterocycles. The summed E-state index contributed by atoms with van der Waals surface area (Å²) in [6, 6.07) is 6.11. The van der Waals surface area contributed by atoms with Gasteiger partial charge in [0, 0.05) is 30.8 Å². The number of β-amino-alcohol motifs (C(OH)–C–C–N with tert-alkyl or cyclic N) is 1. The Morgan fingerprint density at radius 2 is 2.18 bits per heavy atom. The molecule has 0 spiro atoms. The van der Waals surface area contributed by atoms with E-state index in [4.69, 9.17) is 4.42 Å². The second-order valence-corrected chi connectivity index (χ2v) is 5.48. The van der Waals surface area contributed by atoms with E-state index >= 15 is 0 Å². The fraction of sp³-hybridized carbons (Fsp3) is 0.400. The van der Waals surface area contributed by atoms with E-state index in [0.29, 0.717) is 24.5 Å².